The number of amides is 1. The zero-order valence-corrected chi connectivity index (χ0v) is 10.7. The van der Waals surface area contributed by atoms with Crippen LogP contribution in [0.25, 0.3) is 0 Å². The fourth-order valence-corrected chi connectivity index (χ4v) is 1.90. The molecule has 0 spiro atoms. The molecular weight excluding hydrogens is 290 g/mol. The second kappa shape index (κ2) is 5.79. The first kappa shape index (κ1) is 13.7. The summed E-state index contributed by atoms with van der Waals surface area (Å²) in [5.41, 5.74) is 1.22. The number of halogens is 1. The second-order valence-electron chi connectivity index (χ2n) is 3.56. The van der Waals surface area contributed by atoms with E-state index < -0.39 is 24.5 Å². The number of carbonyl (C=O) groups is 2. The van der Waals surface area contributed by atoms with E-state index >= 15 is 0 Å². The molecule has 0 aliphatic rings. The van der Waals surface area contributed by atoms with Crippen LogP contribution < -0.4 is 5.32 Å². The van der Waals surface area contributed by atoms with Gasteiger partial charge in [-0.25, -0.2) is 4.79 Å². The molecule has 0 radical (unpaired) electrons. The summed E-state index contributed by atoms with van der Waals surface area (Å²) in [7, 11) is 0. The van der Waals surface area contributed by atoms with Crippen LogP contribution in [0.1, 0.15) is 15.9 Å². The Bertz CT molecular complexity index is 427. The Hall–Kier alpha value is -1.40. The Balaban J connectivity index is 2.86. The van der Waals surface area contributed by atoms with Crippen molar-refractivity contribution in [2.45, 2.75) is 13.0 Å². The average molecular weight is 302 g/mol. The largest absolute Gasteiger partial charge is 0.480 e. The maximum absolute atomic E-state index is 11.7. The van der Waals surface area contributed by atoms with Crippen LogP contribution in [-0.4, -0.2) is 34.7 Å². The van der Waals surface area contributed by atoms with E-state index in [0.717, 1.165) is 10.0 Å². The van der Waals surface area contributed by atoms with E-state index in [2.05, 4.69) is 21.2 Å². The molecule has 5 nitrogen and oxygen atoms in total. The number of benzene rings is 1. The number of carboxylic acid groups (broad SMARTS) is 1. The fraction of sp³-hybridized carbons (Fsp3) is 0.273. The summed E-state index contributed by atoms with van der Waals surface area (Å²) < 4.78 is 0.735. The summed E-state index contributed by atoms with van der Waals surface area (Å²) >= 11 is 3.25. The summed E-state index contributed by atoms with van der Waals surface area (Å²) in [5, 5.41) is 19.7. The number of carboxylic acids is 1. The molecule has 1 rings (SSSR count). The zero-order chi connectivity index (χ0) is 13.0. The number of hydrogen-bond donors (Lipinski definition) is 3. The lowest BCUT2D eigenvalue weighted by Crippen LogP contribution is -2.43. The molecule has 1 amide bonds. The lowest BCUT2D eigenvalue weighted by molar-refractivity contribution is -0.140. The van der Waals surface area contributed by atoms with E-state index in [1.807, 2.05) is 13.0 Å². The average Bonchev–Trinajstić information content (AvgIpc) is 2.23. The molecule has 0 saturated heterocycles. The maximum Gasteiger partial charge on any atom is 0.328 e. The van der Waals surface area contributed by atoms with E-state index in [9.17, 15) is 9.59 Å². The highest BCUT2D eigenvalue weighted by atomic mass is 79.9. The van der Waals surface area contributed by atoms with Crippen LogP contribution in [0.4, 0.5) is 0 Å². The Morgan fingerprint density at radius 1 is 1.41 bits per heavy atom. The molecule has 0 aliphatic carbocycles. The molecule has 0 aromatic heterocycles. The molecule has 0 unspecified atom stereocenters. The van der Waals surface area contributed by atoms with Crippen molar-refractivity contribution in [1.29, 1.82) is 0 Å². The van der Waals surface area contributed by atoms with Gasteiger partial charge in [0, 0.05) is 10.0 Å². The van der Waals surface area contributed by atoms with Crippen molar-refractivity contribution in [2.75, 3.05) is 6.61 Å². The van der Waals surface area contributed by atoms with Crippen LogP contribution in [0.2, 0.25) is 0 Å². The van der Waals surface area contributed by atoms with Crippen molar-refractivity contribution in [2.24, 2.45) is 0 Å². The van der Waals surface area contributed by atoms with Crippen molar-refractivity contribution in [3.63, 3.8) is 0 Å². The Morgan fingerprint density at radius 3 is 2.53 bits per heavy atom. The highest BCUT2D eigenvalue weighted by molar-refractivity contribution is 9.10. The first-order valence-electron chi connectivity index (χ1n) is 4.85. The standard InChI is InChI=1S/C11H12BrNO4/c1-6-2-7(4-8(12)3-6)10(15)13-9(5-14)11(16)17/h2-4,9,14H,5H2,1H3,(H,13,15)(H,16,17)/t9-/m1/s1. The molecule has 1 aromatic rings. The molecule has 0 saturated carbocycles. The fourth-order valence-electron chi connectivity index (χ4n) is 1.29. The van der Waals surface area contributed by atoms with Crippen LogP contribution in [0, 0.1) is 6.92 Å². The van der Waals surface area contributed by atoms with Crippen molar-refractivity contribution >= 4 is 27.8 Å². The highest BCUT2D eigenvalue weighted by Gasteiger charge is 2.19. The van der Waals surface area contributed by atoms with Gasteiger partial charge >= 0.3 is 5.97 Å². The molecule has 92 valence electrons. The summed E-state index contributed by atoms with van der Waals surface area (Å²) in [6, 6.07) is 3.76. The van der Waals surface area contributed by atoms with Gasteiger partial charge in [0.25, 0.3) is 5.91 Å². The van der Waals surface area contributed by atoms with Crippen molar-refractivity contribution in [3.8, 4) is 0 Å². The van der Waals surface area contributed by atoms with Gasteiger partial charge in [-0.15, -0.1) is 0 Å². The third-order valence-corrected chi connectivity index (χ3v) is 2.55. The first-order valence-corrected chi connectivity index (χ1v) is 5.65. The molecule has 0 fully saturated rings. The minimum Gasteiger partial charge on any atom is -0.480 e. The number of rotatable bonds is 4. The van der Waals surface area contributed by atoms with Gasteiger partial charge in [-0.2, -0.15) is 0 Å². The molecule has 6 heteroatoms. The van der Waals surface area contributed by atoms with Gasteiger partial charge < -0.3 is 15.5 Å². The number of aliphatic carboxylic acids is 1. The lowest BCUT2D eigenvalue weighted by Gasteiger charge is -2.12. The summed E-state index contributed by atoms with van der Waals surface area (Å²) in [4.78, 5) is 22.4. The normalized spacial score (nSPS) is 11.9. The topological polar surface area (TPSA) is 86.6 Å². The highest BCUT2D eigenvalue weighted by Crippen LogP contribution is 2.15. The van der Waals surface area contributed by atoms with Gasteiger partial charge in [-0.3, -0.25) is 4.79 Å². The van der Waals surface area contributed by atoms with E-state index in [4.69, 9.17) is 10.2 Å². The van der Waals surface area contributed by atoms with Gasteiger partial charge in [0.2, 0.25) is 0 Å². The van der Waals surface area contributed by atoms with Crippen LogP contribution in [0.5, 0.6) is 0 Å². The van der Waals surface area contributed by atoms with Crippen LogP contribution in [0.3, 0.4) is 0 Å². The SMILES string of the molecule is Cc1cc(Br)cc(C(=O)N[C@H](CO)C(=O)O)c1. The van der Waals surface area contributed by atoms with E-state index in [1.54, 1.807) is 12.1 Å². The van der Waals surface area contributed by atoms with E-state index in [0.29, 0.717) is 5.56 Å². The molecular formula is C11H12BrNO4. The van der Waals surface area contributed by atoms with Gasteiger partial charge in [-0.1, -0.05) is 15.9 Å². The number of aliphatic hydroxyl groups excluding tert-OH is 1. The Labute approximate surface area is 107 Å². The van der Waals surface area contributed by atoms with Crippen molar-refractivity contribution < 1.29 is 19.8 Å². The minimum absolute atomic E-state index is 0.344. The van der Waals surface area contributed by atoms with Crippen molar-refractivity contribution in [3.05, 3.63) is 33.8 Å². The van der Waals surface area contributed by atoms with E-state index in [1.165, 1.54) is 0 Å². The predicted octanol–water partition coefficient (Wildman–Crippen LogP) is 0.933. The van der Waals surface area contributed by atoms with Crippen molar-refractivity contribution in [1.82, 2.24) is 5.32 Å². The number of aliphatic hydroxyl groups is 1. The molecule has 0 bridgehead atoms. The maximum atomic E-state index is 11.7. The van der Waals surface area contributed by atoms with Gasteiger partial charge in [0.1, 0.15) is 0 Å². The Morgan fingerprint density at radius 2 is 2.06 bits per heavy atom. The zero-order valence-electron chi connectivity index (χ0n) is 9.11. The van der Waals surface area contributed by atoms with Crippen LogP contribution in [0.15, 0.2) is 22.7 Å². The summed E-state index contributed by atoms with van der Waals surface area (Å²) in [5.74, 6) is -1.80. The van der Waals surface area contributed by atoms with Gasteiger partial charge in [-0.05, 0) is 30.7 Å². The molecule has 1 atom stereocenters. The third-order valence-electron chi connectivity index (χ3n) is 2.09. The second-order valence-corrected chi connectivity index (χ2v) is 4.48. The van der Waals surface area contributed by atoms with Gasteiger partial charge in [0.15, 0.2) is 6.04 Å². The Kier molecular flexibility index (Phi) is 4.65. The van der Waals surface area contributed by atoms with Gasteiger partial charge in [0.05, 0.1) is 6.61 Å². The number of hydrogen-bond acceptors (Lipinski definition) is 3. The minimum atomic E-state index is -1.29. The number of aryl methyl sites for hydroxylation is 1. The first-order chi connectivity index (χ1) is 7.93. The molecule has 0 aliphatic heterocycles. The number of nitrogens with one attached hydrogen (secondary N) is 1. The number of carbonyl (C=O) groups excluding carboxylic acids is 1. The third kappa shape index (κ3) is 3.83. The molecule has 3 N–H and O–H groups in total. The quantitative estimate of drug-likeness (QED) is 0.772. The lowest BCUT2D eigenvalue weighted by atomic mass is 10.1. The smallest absolute Gasteiger partial charge is 0.328 e. The molecule has 1 aromatic carbocycles. The summed E-state index contributed by atoms with van der Waals surface area (Å²) in [6.45, 7) is 1.18. The van der Waals surface area contributed by atoms with E-state index in [-0.39, 0.29) is 0 Å². The molecule has 0 heterocycles. The predicted molar refractivity (Wildman–Crippen MR) is 64.9 cm³/mol. The van der Waals surface area contributed by atoms with Crippen LogP contribution >= 0.6 is 15.9 Å². The monoisotopic (exact) mass is 301 g/mol. The van der Waals surface area contributed by atoms with Crippen LogP contribution in [-0.2, 0) is 4.79 Å². The summed E-state index contributed by atoms with van der Waals surface area (Å²) in [6.07, 6.45) is 0. The molecule has 17 heavy (non-hydrogen) atoms.